The molecule has 1 aliphatic heterocycles. The molecule has 0 radical (unpaired) electrons. The molecule has 2 heterocycles. The fourth-order valence-corrected chi connectivity index (χ4v) is 3.73. The number of benzene rings is 1. The summed E-state index contributed by atoms with van der Waals surface area (Å²) < 4.78 is 7.62. The van der Waals surface area contributed by atoms with Crippen LogP contribution >= 0.6 is 0 Å². The van der Waals surface area contributed by atoms with Gasteiger partial charge in [-0.15, -0.1) is 0 Å². The van der Waals surface area contributed by atoms with Gasteiger partial charge in [0.2, 0.25) is 5.91 Å². The number of amides is 1. The predicted molar refractivity (Wildman–Crippen MR) is 98.7 cm³/mol. The van der Waals surface area contributed by atoms with Crippen molar-refractivity contribution < 1.29 is 9.53 Å². The van der Waals surface area contributed by atoms with Crippen molar-refractivity contribution in [2.45, 2.75) is 38.4 Å². The lowest BCUT2D eigenvalue weighted by molar-refractivity contribution is -0.122. The van der Waals surface area contributed by atoms with E-state index in [4.69, 9.17) is 4.74 Å². The summed E-state index contributed by atoms with van der Waals surface area (Å²) in [5, 5.41) is 7.59. The van der Waals surface area contributed by atoms with Crippen molar-refractivity contribution in [1.29, 1.82) is 0 Å². The lowest BCUT2D eigenvalue weighted by Gasteiger charge is -2.34. The summed E-state index contributed by atoms with van der Waals surface area (Å²) in [6.45, 7) is 3.36. The predicted octanol–water partition coefficient (Wildman–Crippen LogP) is 2.36. The summed E-state index contributed by atoms with van der Waals surface area (Å²) in [6, 6.07) is 10.5. The molecule has 1 aliphatic carbocycles. The van der Waals surface area contributed by atoms with Crippen molar-refractivity contribution in [3.8, 4) is 5.75 Å². The molecule has 0 unspecified atom stereocenters. The molecule has 2 aliphatic rings. The molecule has 1 aromatic heterocycles. The molecule has 1 atom stereocenters. The number of fused-ring (bicyclic) bond motifs is 1. The normalized spacial score (nSPS) is 19.8. The van der Waals surface area contributed by atoms with Gasteiger partial charge in [0.25, 0.3) is 0 Å². The third kappa shape index (κ3) is 3.75. The van der Waals surface area contributed by atoms with Gasteiger partial charge in [-0.05, 0) is 31.4 Å². The van der Waals surface area contributed by atoms with Gasteiger partial charge >= 0.3 is 0 Å². The van der Waals surface area contributed by atoms with Crippen molar-refractivity contribution in [3.63, 3.8) is 0 Å². The third-order valence-electron chi connectivity index (χ3n) is 5.26. The molecule has 6 nitrogen and oxygen atoms in total. The molecule has 1 fully saturated rings. The van der Waals surface area contributed by atoms with Crippen LogP contribution < -0.4 is 10.1 Å². The summed E-state index contributed by atoms with van der Waals surface area (Å²) in [5.74, 6) is 1.41. The van der Waals surface area contributed by atoms with Crippen LogP contribution in [-0.2, 0) is 17.9 Å². The molecule has 0 bridgehead atoms. The zero-order chi connectivity index (χ0) is 17.9. The lowest BCUT2D eigenvalue weighted by Crippen LogP contribution is -2.39. The van der Waals surface area contributed by atoms with E-state index in [1.165, 1.54) is 11.3 Å². The third-order valence-corrected chi connectivity index (χ3v) is 5.26. The monoisotopic (exact) mass is 354 g/mol. The van der Waals surface area contributed by atoms with Gasteiger partial charge in [0.05, 0.1) is 18.8 Å². The van der Waals surface area contributed by atoms with Gasteiger partial charge in [-0.2, -0.15) is 5.10 Å². The first-order valence-corrected chi connectivity index (χ1v) is 9.39. The van der Waals surface area contributed by atoms with Gasteiger partial charge in [0, 0.05) is 43.9 Å². The maximum Gasteiger partial charge on any atom is 0.223 e. The molecule has 1 N–H and O–H groups in total. The molecule has 0 saturated heterocycles. The Morgan fingerprint density at radius 1 is 1.31 bits per heavy atom. The van der Waals surface area contributed by atoms with E-state index in [9.17, 15) is 4.79 Å². The number of hydrogen-bond acceptors (Lipinski definition) is 4. The molecule has 6 heteroatoms. The fraction of sp³-hybridized carbons (Fsp3) is 0.500. The molecule has 26 heavy (non-hydrogen) atoms. The Hall–Kier alpha value is -2.34. The summed E-state index contributed by atoms with van der Waals surface area (Å²) in [4.78, 5) is 14.3. The van der Waals surface area contributed by atoms with Crippen LogP contribution in [-0.4, -0.2) is 40.8 Å². The van der Waals surface area contributed by atoms with Gasteiger partial charge in [0.15, 0.2) is 0 Å². The number of carbonyl (C=O) groups is 1. The summed E-state index contributed by atoms with van der Waals surface area (Å²) >= 11 is 0. The Labute approximate surface area is 154 Å². The minimum atomic E-state index is 0.215. The highest BCUT2D eigenvalue weighted by Gasteiger charge is 2.30. The van der Waals surface area contributed by atoms with E-state index in [0.717, 1.165) is 44.6 Å². The quantitative estimate of drug-likeness (QED) is 0.829. The molecule has 0 spiro atoms. The van der Waals surface area contributed by atoms with E-state index >= 15 is 0 Å². The fourth-order valence-electron chi connectivity index (χ4n) is 3.73. The van der Waals surface area contributed by atoms with Crippen LogP contribution in [0.5, 0.6) is 5.75 Å². The van der Waals surface area contributed by atoms with Crippen LogP contribution in [0, 0.1) is 5.92 Å². The van der Waals surface area contributed by atoms with E-state index in [1.54, 1.807) is 7.11 Å². The minimum Gasteiger partial charge on any atom is -0.496 e. The highest BCUT2D eigenvalue weighted by molar-refractivity contribution is 5.80. The van der Waals surface area contributed by atoms with E-state index in [-0.39, 0.29) is 17.9 Å². The molecule has 1 aromatic carbocycles. The minimum absolute atomic E-state index is 0.215. The smallest absolute Gasteiger partial charge is 0.223 e. The number of carbonyl (C=O) groups excluding carboxylic acids is 1. The second-order valence-electron chi connectivity index (χ2n) is 7.26. The topological polar surface area (TPSA) is 59.4 Å². The highest BCUT2D eigenvalue weighted by Crippen LogP contribution is 2.29. The number of nitrogens with one attached hydrogen (secondary N) is 1. The van der Waals surface area contributed by atoms with E-state index in [0.29, 0.717) is 6.54 Å². The maximum atomic E-state index is 11.9. The first-order chi connectivity index (χ1) is 12.7. The Morgan fingerprint density at radius 3 is 2.96 bits per heavy atom. The number of aromatic nitrogens is 2. The standard InChI is InChI=1S/C20H26N4O2/c1-26-19-5-3-2-4-16(19)12-23-13-17(24-18(14-23)9-11-22-24)8-10-21-20(25)15-6-7-15/h2-5,9,11,15,17H,6-8,10,12-14H2,1H3,(H,21,25)/t17-/m1/s1. The Bertz CT molecular complexity index is 769. The van der Waals surface area contributed by atoms with Crippen molar-refractivity contribution in [3.05, 3.63) is 47.8 Å². The average Bonchev–Trinajstić information content (AvgIpc) is 3.40. The number of methoxy groups -OCH3 is 1. The first kappa shape index (κ1) is 17.1. The zero-order valence-corrected chi connectivity index (χ0v) is 15.2. The highest BCUT2D eigenvalue weighted by atomic mass is 16.5. The Morgan fingerprint density at radius 2 is 2.15 bits per heavy atom. The first-order valence-electron chi connectivity index (χ1n) is 9.39. The molecular weight excluding hydrogens is 328 g/mol. The van der Waals surface area contributed by atoms with E-state index in [1.807, 2.05) is 18.3 Å². The summed E-state index contributed by atoms with van der Waals surface area (Å²) in [6.07, 6.45) is 4.86. The number of nitrogens with zero attached hydrogens (tertiary/aromatic N) is 3. The van der Waals surface area contributed by atoms with Crippen molar-refractivity contribution in [1.82, 2.24) is 20.0 Å². The Balaban J connectivity index is 1.41. The summed E-state index contributed by atoms with van der Waals surface area (Å²) in [5.41, 5.74) is 2.42. The van der Waals surface area contributed by atoms with Gasteiger partial charge in [-0.1, -0.05) is 18.2 Å². The number of rotatable bonds is 7. The number of hydrogen-bond donors (Lipinski definition) is 1. The maximum absolute atomic E-state index is 11.9. The largest absolute Gasteiger partial charge is 0.496 e. The zero-order valence-electron chi connectivity index (χ0n) is 15.2. The van der Waals surface area contributed by atoms with Crippen LogP contribution in [0.1, 0.15) is 36.6 Å². The van der Waals surface area contributed by atoms with Gasteiger partial charge in [-0.3, -0.25) is 14.4 Å². The van der Waals surface area contributed by atoms with Crippen LogP contribution in [0.25, 0.3) is 0 Å². The van der Waals surface area contributed by atoms with Gasteiger partial charge < -0.3 is 10.1 Å². The van der Waals surface area contributed by atoms with E-state index < -0.39 is 0 Å². The number of ether oxygens (including phenoxy) is 1. The molecule has 138 valence electrons. The average molecular weight is 354 g/mol. The number of para-hydroxylation sites is 1. The van der Waals surface area contributed by atoms with Crippen molar-refractivity contribution in [2.24, 2.45) is 5.92 Å². The van der Waals surface area contributed by atoms with Crippen LogP contribution in [0.2, 0.25) is 0 Å². The lowest BCUT2D eigenvalue weighted by atomic mass is 10.1. The van der Waals surface area contributed by atoms with Crippen LogP contribution in [0.4, 0.5) is 0 Å². The van der Waals surface area contributed by atoms with Gasteiger partial charge in [0.1, 0.15) is 5.75 Å². The second-order valence-corrected chi connectivity index (χ2v) is 7.26. The Kier molecular flexibility index (Phi) is 4.93. The van der Waals surface area contributed by atoms with Crippen molar-refractivity contribution >= 4 is 5.91 Å². The molecule has 2 aromatic rings. The van der Waals surface area contributed by atoms with Crippen molar-refractivity contribution in [2.75, 3.05) is 20.2 Å². The van der Waals surface area contributed by atoms with E-state index in [2.05, 4.69) is 38.2 Å². The van der Waals surface area contributed by atoms with Crippen LogP contribution in [0.15, 0.2) is 36.5 Å². The van der Waals surface area contributed by atoms with Gasteiger partial charge in [-0.25, -0.2) is 0 Å². The SMILES string of the molecule is COc1ccccc1CN1Cc2ccnn2[C@H](CCNC(=O)C2CC2)C1. The summed E-state index contributed by atoms with van der Waals surface area (Å²) in [7, 11) is 1.72. The molecule has 1 saturated carbocycles. The molecule has 1 amide bonds. The molecule has 4 rings (SSSR count). The van der Waals surface area contributed by atoms with Crippen LogP contribution in [0.3, 0.4) is 0 Å². The molecular formula is C20H26N4O2. The second kappa shape index (κ2) is 7.50.